The van der Waals surface area contributed by atoms with E-state index in [1.54, 1.807) is 24.3 Å². The second-order valence-electron chi connectivity index (χ2n) is 6.71. The summed E-state index contributed by atoms with van der Waals surface area (Å²) >= 11 is 0. The molecule has 0 radical (unpaired) electrons. The molecule has 2 aliphatic heterocycles. The van der Waals surface area contributed by atoms with Crippen molar-refractivity contribution >= 4 is 23.5 Å². The fourth-order valence-corrected chi connectivity index (χ4v) is 3.61. The molecule has 2 aromatic carbocycles. The Labute approximate surface area is 156 Å². The zero-order valence-electron chi connectivity index (χ0n) is 15.0. The summed E-state index contributed by atoms with van der Waals surface area (Å²) < 4.78 is 5.09. The second-order valence-corrected chi connectivity index (χ2v) is 6.71. The molecule has 1 saturated heterocycles. The molecule has 2 heterocycles. The van der Waals surface area contributed by atoms with E-state index in [2.05, 4.69) is 12.1 Å². The molecule has 0 aliphatic carbocycles. The Hall–Kier alpha value is -3.19. The van der Waals surface area contributed by atoms with Gasteiger partial charge in [-0.3, -0.25) is 9.59 Å². The Morgan fingerprint density at radius 3 is 2.37 bits per heavy atom. The van der Waals surface area contributed by atoms with Crippen LogP contribution in [-0.2, 0) is 22.6 Å². The molecule has 138 valence electrons. The summed E-state index contributed by atoms with van der Waals surface area (Å²) in [7, 11) is 1.53. The second kappa shape index (κ2) is 6.85. The van der Waals surface area contributed by atoms with Crippen LogP contribution in [0.4, 0.5) is 10.5 Å². The maximum Gasteiger partial charge on any atom is 0.343 e. The van der Waals surface area contributed by atoms with Crippen LogP contribution in [0.2, 0.25) is 0 Å². The Morgan fingerprint density at radius 1 is 0.963 bits per heavy atom. The number of nitrogens with zero attached hydrogens (tertiary/aromatic N) is 2. The van der Waals surface area contributed by atoms with Gasteiger partial charge in [0.2, 0.25) is 0 Å². The highest BCUT2D eigenvalue weighted by Gasteiger charge is 2.47. The Bertz CT molecular complexity index is 910. The molecule has 0 aromatic heterocycles. The third-order valence-electron chi connectivity index (χ3n) is 5.07. The fourth-order valence-electron chi connectivity index (χ4n) is 3.61. The van der Waals surface area contributed by atoms with Crippen LogP contribution in [0.15, 0.2) is 48.5 Å². The van der Waals surface area contributed by atoms with Gasteiger partial charge in [-0.2, -0.15) is 0 Å². The highest BCUT2D eigenvalue weighted by atomic mass is 16.5. The number of hydrogen-bond acceptors (Lipinski definition) is 4. The molecule has 4 amide bonds. The minimum Gasteiger partial charge on any atom is -0.497 e. The zero-order valence-corrected chi connectivity index (χ0v) is 15.0. The Morgan fingerprint density at radius 2 is 1.67 bits per heavy atom. The predicted molar refractivity (Wildman–Crippen MR) is 97.3 cm³/mol. The summed E-state index contributed by atoms with van der Waals surface area (Å²) in [5.74, 6) is -0.985. The largest absolute Gasteiger partial charge is 0.497 e. The lowest BCUT2D eigenvalue weighted by Gasteiger charge is -2.28. The number of ether oxygens (including phenoxy) is 1. The molecule has 7 nitrogen and oxygen atoms in total. The number of amides is 4. The molecule has 7 heteroatoms. The van der Waals surface area contributed by atoms with Crippen molar-refractivity contribution in [3.05, 3.63) is 59.7 Å². The Kier molecular flexibility index (Phi) is 4.37. The number of carbonyl (C=O) groups is 3. The van der Waals surface area contributed by atoms with Crippen molar-refractivity contribution in [1.82, 2.24) is 4.90 Å². The van der Waals surface area contributed by atoms with Crippen LogP contribution in [0.5, 0.6) is 5.75 Å². The van der Waals surface area contributed by atoms with Crippen molar-refractivity contribution in [1.29, 1.82) is 0 Å². The summed E-state index contributed by atoms with van der Waals surface area (Å²) in [6.45, 7) is 1.72. The van der Waals surface area contributed by atoms with Crippen LogP contribution in [-0.4, -0.2) is 43.1 Å². The number of fused-ring (bicyclic) bond motifs is 1. The molecule has 4 rings (SSSR count). The van der Waals surface area contributed by atoms with Gasteiger partial charge in [-0.05, 0) is 29.8 Å². The van der Waals surface area contributed by atoms with Gasteiger partial charge in [-0.1, -0.05) is 24.3 Å². The minimum atomic E-state index is -0.818. The number of anilines is 1. The zero-order chi connectivity index (χ0) is 19.0. The van der Waals surface area contributed by atoms with Gasteiger partial charge in [-0.25, -0.2) is 14.6 Å². The van der Waals surface area contributed by atoms with Gasteiger partial charge >= 0.3 is 17.8 Å². The van der Waals surface area contributed by atoms with Crippen molar-refractivity contribution in [3.8, 4) is 5.75 Å². The molecule has 0 saturated carbocycles. The van der Waals surface area contributed by atoms with E-state index in [1.807, 2.05) is 12.1 Å². The maximum atomic E-state index is 12.8. The van der Waals surface area contributed by atoms with Crippen LogP contribution < -0.4 is 14.5 Å². The lowest BCUT2D eigenvalue weighted by molar-refractivity contribution is -0.922. The van der Waals surface area contributed by atoms with Crippen LogP contribution in [0, 0.1) is 0 Å². The van der Waals surface area contributed by atoms with Gasteiger partial charge in [0.05, 0.1) is 19.3 Å². The SMILES string of the molecule is COc1ccc(N2C(=O)C(=O)N(C[NH+]3CCc4ccccc4C3)C2=O)cc1. The molecular formula is C20H20N3O4+. The lowest BCUT2D eigenvalue weighted by Crippen LogP contribution is -3.13. The molecule has 2 aromatic rings. The lowest BCUT2D eigenvalue weighted by atomic mass is 10.0. The summed E-state index contributed by atoms with van der Waals surface area (Å²) in [5, 5.41) is 0. The van der Waals surface area contributed by atoms with Gasteiger partial charge in [0.1, 0.15) is 12.3 Å². The number of imide groups is 2. The molecule has 0 bridgehead atoms. The van der Waals surface area contributed by atoms with Gasteiger partial charge in [-0.15, -0.1) is 0 Å². The van der Waals surface area contributed by atoms with E-state index in [9.17, 15) is 14.4 Å². The average molecular weight is 366 g/mol. The van der Waals surface area contributed by atoms with Crippen LogP contribution in [0.25, 0.3) is 0 Å². The highest BCUT2D eigenvalue weighted by molar-refractivity contribution is 6.52. The van der Waals surface area contributed by atoms with Crippen molar-refractivity contribution in [2.24, 2.45) is 0 Å². The molecule has 1 fully saturated rings. The molecule has 2 aliphatic rings. The molecule has 1 N–H and O–H groups in total. The van der Waals surface area contributed by atoms with E-state index in [-0.39, 0.29) is 6.67 Å². The number of quaternary nitrogens is 1. The van der Waals surface area contributed by atoms with Gasteiger partial charge in [0, 0.05) is 12.0 Å². The number of nitrogens with one attached hydrogen (secondary N) is 1. The number of urea groups is 1. The maximum absolute atomic E-state index is 12.8. The van der Waals surface area contributed by atoms with E-state index in [4.69, 9.17) is 4.74 Å². The number of hydrogen-bond donors (Lipinski definition) is 1. The molecule has 27 heavy (non-hydrogen) atoms. The van der Waals surface area contributed by atoms with Crippen LogP contribution in [0.3, 0.4) is 0 Å². The average Bonchev–Trinajstić information content (AvgIpc) is 2.91. The van der Waals surface area contributed by atoms with Crippen LogP contribution >= 0.6 is 0 Å². The number of methoxy groups -OCH3 is 1. The third-order valence-corrected chi connectivity index (χ3v) is 5.07. The van der Waals surface area contributed by atoms with Crippen LogP contribution in [0.1, 0.15) is 11.1 Å². The van der Waals surface area contributed by atoms with Crippen molar-refractivity contribution in [2.75, 3.05) is 25.2 Å². The first-order valence-corrected chi connectivity index (χ1v) is 8.83. The smallest absolute Gasteiger partial charge is 0.343 e. The molecule has 0 spiro atoms. The van der Waals surface area contributed by atoms with Crippen molar-refractivity contribution in [3.63, 3.8) is 0 Å². The summed E-state index contributed by atoms with van der Waals surface area (Å²) in [4.78, 5) is 40.6. The number of carbonyl (C=O) groups excluding carboxylic acids is 3. The first-order chi connectivity index (χ1) is 13.1. The van der Waals surface area contributed by atoms with E-state index in [0.29, 0.717) is 11.4 Å². The predicted octanol–water partition coefficient (Wildman–Crippen LogP) is 0.589. The highest BCUT2D eigenvalue weighted by Crippen LogP contribution is 2.24. The first-order valence-electron chi connectivity index (χ1n) is 8.83. The molecular weight excluding hydrogens is 346 g/mol. The first kappa shape index (κ1) is 17.2. The van der Waals surface area contributed by atoms with Gasteiger partial charge < -0.3 is 9.64 Å². The van der Waals surface area contributed by atoms with E-state index < -0.39 is 17.8 Å². The fraction of sp³-hybridized carbons (Fsp3) is 0.250. The van der Waals surface area contributed by atoms with E-state index >= 15 is 0 Å². The summed E-state index contributed by atoms with van der Waals surface area (Å²) in [6, 6.07) is 14.1. The van der Waals surface area contributed by atoms with Crippen molar-refractivity contribution < 1.29 is 24.0 Å². The van der Waals surface area contributed by atoms with Crippen molar-refractivity contribution in [2.45, 2.75) is 13.0 Å². The van der Waals surface area contributed by atoms with E-state index in [1.165, 1.54) is 18.2 Å². The van der Waals surface area contributed by atoms with E-state index in [0.717, 1.165) is 34.2 Å². The topological polar surface area (TPSA) is 71.4 Å². The standard InChI is InChI=1S/C20H19N3O4/c1-27-17-8-6-16(7-9-17)23-19(25)18(24)22(20(23)26)13-21-11-10-14-4-2-3-5-15(14)12-21/h2-9H,10-13H2,1H3/p+1. The minimum absolute atomic E-state index is 0.185. The summed E-state index contributed by atoms with van der Waals surface area (Å²) in [6.07, 6.45) is 0.887. The third kappa shape index (κ3) is 3.06. The van der Waals surface area contributed by atoms with Gasteiger partial charge in [0.25, 0.3) is 0 Å². The normalized spacial score (nSPS) is 19.4. The number of rotatable bonds is 4. The quantitative estimate of drug-likeness (QED) is 0.635. The number of benzene rings is 2. The molecule has 1 unspecified atom stereocenters. The summed E-state index contributed by atoms with van der Waals surface area (Å²) in [5.41, 5.74) is 2.88. The Balaban J connectivity index is 1.51. The monoisotopic (exact) mass is 366 g/mol. The molecule has 1 atom stereocenters. The van der Waals surface area contributed by atoms with Gasteiger partial charge in [0.15, 0.2) is 6.67 Å².